The lowest BCUT2D eigenvalue weighted by Gasteiger charge is -2.12. The Bertz CT molecular complexity index is 884. The minimum atomic E-state index is -0.0531. The number of methoxy groups -OCH3 is 1. The summed E-state index contributed by atoms with van der Waals surface area (Å²) in [5, 5.41) is 1.60. The van der Waals surface area contributed by atoms with Crippen molar-refractivity contribution in [2.75, 3.05) is 7.11 Å². The lowest BCUT2D eigenvalue weighted by Crippen LogP contribution is -2.16. The predicted molar refractivity (Wildman–Crippen MR) is 86.2 cm³/mol. The van der Waals surface area contributed by atoms with E-state index in [0.29, 0.717) is 5.02 Å². The molecule has 0 spiro atoms. The van der Waals surface area contributed by atoms with Gasteiger partial charge in [0.05, 0.1) is 12.6 Å². The average molecular weight is 300 g/mol. The standard InChI is InChI=1S/C17H14ClNO2/c1-19-16-7-6-13(21-2)9-15(16)14(10-17(19)20)11-4-3-5-12(18)8-11/h3-10H,1-2H3. The molecule has 3 rings (SSSR count). The molecule has 0 aliphatic heterocycles. The van der Waals surface area contributed by atoms with E-state index in [2.05, 4.69) is 0 Å². The molecule has 3 nitrogen and oxygen atoms in total. The molecule has 0 radical (unpaired) electrons. The van der Waals surface area contributed by atoms with E-state index in [1.807, 2.05) is 42.5 Å². The molecule has 0 bridgehead atoms. The Morgan fingerprint density at radius 2 is 1.90 bits per heavy atom. The zero-order chi connectivity index (χ0) is 15.0. The van der Waals surface area contributed by atoms with Gasteiger partial charge in [-0.15, -0.1) is 0 Å². The van der Waals surface area contributed by atoms with Crippen molar-refractivity contribution >= 4 is 22.5 Å². The lowest BCUT2D eigenvalue weighted by molar-refractivity contribution is 0.415. The van der Waals surface area contributed by atoms with Gasteiger partial charge in [-0.25, -0.2) is 0 Å². The van der Waals surface area contributed by atoms with Crippen molar-refractivity contribution in [3.05, 3.63) is 63.9 Å². The van der Waals surface area contributed by atoms with Crippen LogP contribution in [0.2, 0.25) is 5.02 Å². The summed E-state index contributed by atoms with van der Waals surface area (Å²) in [6, 6.07) is 14.8. The number of hydrogen-bond donors (Lipinski definition) is 0. The summed E-state index contributed by atoms with van der Waals surface area (Å²) in [7, 11) is 3.39. The molecule has 2 aromatic carbocycles. The van der Waals surface area contributed by atoms with E-state index in [1.54, 1.807) is 24.8 Å². The van der Waals surface area contributed by atoms with Crippen molar-refractivity contribution in [1.82, 2.24) is 4.57 Å². The molecule has 0 amide bonds. The molecule has 1 aromatic heterocycles. The van der Waals surface area contributed by atoms with Gasteiger partial charge in [-0.3, -0.25) is 4.79 Å². The number of hydrogen-bond acceptors (Lipinski definition) is 2. The summed E-state index contributed by atoms with van der Waals surface area (Å²) in [6.45, 7) is 0. The fourth-order valence-corrected chi connectivity index (χ4v) is 2.65. The molecule has 106 valence electrons. The van der Waals surface area contributed by atoms with Crippen LogP contribution in [0.1, 0.15) is 0 Å². The molecule has 0 saturated carbocycles. The Balaban J connectivity index is 2.41. The van der Waals surface area contributed by atoms with Gasteiger partial charge in [0.2, 0.25) is 0 Å². The number of nitrogens with zero attached hydrogens (tertiary/aromatic N) is 1. The minimum Gasteiger partial charge on any atom is -0.497 e. The first kappa shape index (κ1) is 13.7. The predicted octanol–water partition coefficient (Wildman–Crippen LogP) is 3.87. The summed E-state index contributed by atoms with van der Waals surface area (Å²) in [6.07, 6.45) is 0. The Morgan fingerprint density at radius 3 is 2.62 bits per heavy atom. The molecule has 0 aliphatic rings. The number of aryl methyl sites for hydroxylation is 1. The molecule has 4 heteroatoms. The highest BCUT2D eigenvalue weighted by Crippen LogP contribution is 2.31. The molecular formula is C17H14ClNO2. The van der Waals surface area contributed by atoms with Gasteiger partial charge < -0.3 is 9.30 Å². The topological polar surface area (TPSA) is 31.2 Å². The van der Waals surface area contributed by atoms with Gasteiger partial charge in [-0.2, -0.15) is 0 Å². The summed E-state index contributed by atoms with van der Waals surface area (Å²) < 4.78 is 6.92. The van der Waals surface area contributed by atoms with Crippen molar-refractivity contribution in [3.8, 4) is 16.9 Å². The van der Waals surface area contributed by atoms with E-state index in [0.717, 1.165) is 27.8 Å². The Morgan fingerprint density at radius 1 is 1.10 bits per heavy atom. The van der Waals surface area contributed by atoms with E-state index in [1.165, 1.54) is 0 Å². The van der Waals surface area contributed by atoms with E-state index in [-0.39, 0.29) is 5.56 Å². The highest BCUT2D eigenvalue weighted by Gasteiger charge is 2.10. The van der Waals surface area contributed by atoms with Crippen LogP contribution in [-0.4, -0.2) is 11.7 Å². The largest absolute Gasteiger partial charge is 0.497 e. The molecule has 3 aromatic rings. The molecule has 21 heavy (non-hydrogen) atoms. The Kier molecular flexibility index (Phi) is 3.43. The van der Waals surface area contributed by atoms with E-state index >= 15 is 0 Å². The number of ether oxygens (including phenoxy) is 1. The summed E-state index contributed by atoms with van der Waals surface area (Å²) in [4.78, 5) is 12.2. The van der Waals surface area contributed by atoms with Crippen LogP contribution in [0.3, 0.4) is 0 Å². The second-order valence-corrected chi connectivity index (χ2v) is 5.29. The zero-order valence-corrected chi connectivity index (χ0v) is 12.5. The van der Waals surface area contributed by atoms with E-state index in [9.17, 15) is 4.79 Å². The number of fused-ring (bicyclic) bond motifs is 1. The monoisotopic (exact) mass is 299 g/mol. The summed E-state index contributed by atoms with van der Waals surface area (Å²) >= 11 is 6.07. The summed E-state index contributed by atoms with van der Waals surface area (Å²) in [5.74, 6) is 0.754. The molecule has 0 saturated heterocycles. The third-order valence-electron chi connectivity index (χ3n) is 3.59. The van der Waals surface area contributed by atoms with Crippen LogP contribution < -0.4 is 10.3 Å². The van der Waals surface area contributed by atoms with Crippen molar-refractivity contribution < 1.29 is 4.74 Å². The molecule has 0 aliphatic carbocycles. The van der Waals surface area contributed by atoms with Crippen LogP contribution in [-0.2, 0) is 7.05 Å². The van der Waals surface area contributed by atoms with Gasteiger partial charge in [-0.1, -0.05) is 23.7 Å². The van der Waals surface area contributed by atoms with Crippen LogP contribution in [0, 0.1) is 0 Å². The third kappa shape index (κ3) is 2.41. The maximum Gasteiger partial charge on any atom is 0.251 e. The van der Waals surface area contributed by atoms with Crippen LogP contribution in [0.15, 0.2) is 53.3 Å². The second-order valence-electron chi connectivity index (χ2n) is 4.85. The fourth-order valence-electron chi connectivity index (χ4n) is 2.46. The van der Waals surface area contributed by atoms with Crippen molar-refractivity contribution in [1.29, 1.82) is 0 Å². The Hall–Kier alpha value is -2.26. The number of benzene rings is 2. The third-order valence-corrected chi connectivity index (χ3v) is 3.82. The first-order valence-electron chi connectivity index (χ1n) is 6.54. The van der Waals surface area contributed by atoms with Gasteiger partial charge in [0.25, 0.3) is 5.56 Å². The van der Waals surface area contributed by atoms with Crippen LogP contribution in [0.5, 0.6) is 5.75 Å². The number of rotatable bonds is 2. The second kappa shape index (κ2) is 5.26. The molecule has 0 atom stereocenters. The first-order chi connectivity index (χ1) is 10.1. The highest BCUT2D eigenvalue weighted by molar-refractivity contribution is 6.30. The summed E-state index contributed by atoms with van der Waals surface area (Å²) in [5.41, 5.74) is 2.58. The first-order valence-corrected chi connectivity index (χ1v) is 6.91. The quantitative estimate of drug-likeness (QED) is 0.719. The number of pyridine rings is 1. The number of halogens is 1. The van der Waals surface area contributed by atoms with Gasteiger partial charge >= 0.3 is 0 Å². The molecular weight excluding hydrogens is 286 g/mol. The average Bonchev–Trinajstić information content (AvgIpc) is 2.50. The fraction of sp³-hybridized carbons (Fsp3) is 0.118. The molecule has 0 unspecified atom stereocenters. The zero-order valence-electron chi connectivity index (χ0n) is 11.8. The normalized spacial score (nSPS) is 10.8. The van der Waals surface area contributed by atoms with Crippen molar-refractivity contribution in [2.24, 2.45) is 7.05 Å². The van der Waals surface area contributed by atoms with Gasteiger partial charge in [-0.05, 0) is 41.5 Å². The van der Waals surface area contributed by atoms with Gasteiger partial charge in [0, 0.05) is 23.5 Å². The SMILES string of the molecule is COc1ccc2c(c1)c(-c1cccc(Cl)c1)cc(=O)n2C. The maximum atomic E-state index is 12.2. The maximum absolute atomic E-state index is 12.2. The van der Waals surface area contributed by atoms with Gasteiger partial charge in [0.1, 0.15) is 5.75 Å². The van der Waals surface area contributed by atoms with Crippen LogP contribution in [0.25, 0.3) is 22.0 Å². The van der Waals surface area contributed by atoms with E-state index in [4.69, 9.17) is 16.3 Å². The molecule has 1 heterocycles. The van der Waals surface area contributed by atoms with Gasteiger partial charge in [0.15, 0.2) is 0 Å². The van der Waals surface area contributed by atoms with Crippen molar-refractivity contribution in [3.63, 3.8) is 0 Å². The Labute approximate surface area is 127 Å². The molecule has 0 N–H and O–H groups in total. The minimum absolute atomic E-state index is 0.0531. The lowest BCUT2D eigenvalue weighted by atomic mass is 10.0. The van der Waals surface area contributed by atoms with Crippen LogP contribution >= 0.6 is 11.6 Å². The highest BCUT2D eigenvalue weighted by atomic mass is 35.5. The smallest absolute Gasteiger partial charge is 0.251 e. The molecule has 0 fully saturated rings. The van der Waals surface area contributed by atoms with Crippen molar-refractivity contribution in [2.45, 2.75) is 0 Å². The van der Waals surface area contributed by atoms with E-state index < -0.39 is 0 Å². The van der Waals surface area contributed by atoms with Crippen LogP contribution in [0.4, 0.5) is 0 Å². The number of aromatic nitrogens is 1.